The molecule has 0 spiro atoms. The third-order valence-corrected chi connectivity index (χ3v) is 4.99. The van der Waals surface area contributed by atoms with Crippen LogP contribution in [-0.4, -0.2) is 46.0 Å². The van der Waals surface area contributed by atoms with Gasteiger partial charge in [0.05, 0.1) is 6.42 Å². The SMILES string of the molecule is CN(C)CCc1cccc(NC(=O)Cc2ccc(-c3ccn4ncnc4c3)cc2)c1. The summed E-state index contributed by atoms with van der Waals surface area (Å²) in [5.41, 5.74) is 6.00. The van der Waals surface area contributed by atoms with Crippen molar-refractivity contribution in [2.45, 2.75) is 12.8 Å². The Kier molecular flexibility index (Phi) is 5.86. The van der Waals surface area contributed by atoms with Crippen LogP contribution in [0.4, 0.5) is 5.69 Å². The maximum absolute atomic E-state index is 12.5. The standard InChI is InChI=1S/C24H25N5O/c1-28(2)12-10-18-4-3-5-22(14-18)27-24(30)15-19-6-8-20(9-7-19)21-11-13-29-23(16-21)25-17-26-29/h3-9,11,13-14,16-17H,10,12,15H2,1-2H3,(H,27,30). The zero-order chi connectivity index (χ0) is 20.9. The third kappa shape index (κ3) is 4.90. The molecule has 0 unspecified atom stereocenters. The number of benzene rings is 2. The van der Waals surface area contributed by atoms with Crippen molar-refractivity contribution in [1.82, 2.24) is 19.5 Å². The van der Waals surface area contributed by atoms with Crippen molar-refractivity contribution < 1.29 is 4.79 Å². The average Bonchev–Trinajstić information content (AvgIpc) is 3.21. The van der Waals surface area contributed by atoms with E-state index in [1.807, 2.05) is 60.8 Å². The van der Waals surface area contributed by atoms with Crippen molar-refractivity contribution in [3.63, 3.8) is 0 Å². The van der Waals surface area contributed by atoms with Gasteiger partial charge in [-0.2, -0.15) is 5.10 Å². The second kappa shape index (κ2) is 8.88. The van der Waals surface area contributed by atoms with Crippen LogP contribution in [-0.2, 0) is 17.6 Å². The van der Waals surface area contributed by atoms with Crippen molar-refractivity contribution >= 4 is 17.2 Å². The number of nitrogens with one attached hydrogen (secondary N) is 1. The van der Waals surface area contributed by atoms with Gasteiger partial charge in [0, 0.05) is 18.4 Å². The molecule has 2 aromatic carbocycles. The maximum atomic E-state index is 12.5. The number of anilines is 1. The van der Waals surface area contributed by atoms with Crippen LogP contribution < -0.4 is 5.32 Å². The fourth-order valence-corrected chi connectivity index (χ4v) is 3.36. The highest BCUT2D eigenvalue weighted by Gasteiger charge is 2.07. The van der Waals surface area contributed by atoms with Crippen LogP contribution in [0, 0.1) is 0 Å². The minimum atomic E-state index is -0.0163. The molecule has 4 rings (SSSR count). The number of fused-ring (bicyclic) bond motifs is 1. The van der Waals surface area contributed by atoms with Crippen LogP contribution in [0.25, 0.3) is 16.8 Å². The van der Waals surface area contributed by atoms with Gasteiger partial charge in [-0.25, -0.2) is 9.50 Å². The Balaban J connectivity index is 1.38. The van der Waals surface area contributed by atoms with Crippen molar-refractivity contribution in [3.8, 4) is 11.1 Å². The van der Waals surface area contributed by atoms with E-state index in [-0.39, 0.29) is 5.91 Å². The molecule has 1 N–H and O–H groups in total. The number of likely N-dealkylation sites (N-methyl/N-ethyl adjacent to an activating group) is 1. The van der Waals surface area contributed by atoms with E-state index in [1.54, 1.807) is 10.8 Å². The Morgan fingerprint density at radius 3 is 2.63 bits per heavy atom. The molecule has 0 aliphatic heterocycles. The van der Waals surface area contributed by atoms with E-state index in [2.05, 4.69) is 40.5 Å². The summed E-state index contributed by atoms with van der Waals surface area (Å²) in [6.45, 7) is 0.980. The summed E-state index contributed by atoms with van der Waals surface area (Å²) in [7, 11) is 4.12. The number of carbonyl (C=O) groups is 1. The normalized spacial score (nSPS) is 11.2. The molecule has 4 aromatic rings. The lowest BCUT2D eigenvalue weighted by Gasteiger charge is -2.11. The molecular formula is C24H25N5O. The number of pyridine rings is 1. The van der Waals surface area contributed by atoms with Gasteiger partial charge in [-0.3, -0.25) is 4.79 Å². The molecule has 0 saturated carbocycles. The molecule has 6 heteroatoms. The minimum absolute atomic E-state index is 0.0163. The Morgan fingerprint density at radius 2 is 1.83 bits per heavy atom. The van der Waals surface area contributed by atoms with Gasteiger partial charge in [0.2, 0.25) is 5.91 Å². The van der Waals surface area contributed by atoms with Crippen LogP contribution in [0.2, 0.25) is 0 Å². The highest BCUT2D eigenvalue weighted by atomic mass is 16.1. The quantitative estimate of drug-likeness (QED) is 0.515. The van der Waals surface area contributed by atoms with Gasteiger partial charge in [0.25, 0.3) is 0 Å². The van der Waals surface area contributed by atoms with E-state index in [0.29, 0.717) is 6.42 Å². The van der Waals surface area contributed by atoms with E-state index in [1.165, 1.54) is 5.56 Å². The van der Waals surface area contributed by atoms with Crippen LogP contribution in [0.3, 0.4) is 0 Å². The largest absolute Gasteiger partial charge is 0.326 e. The first-order chi connectivity index (χ1) is 14.6. The van der Waals surface area contributed by atoms with Gasteiger partial charge in [0.1, 0.15) is 6.33 Å². The van der Waals surface area contributed by atoms with Gasteiger partial charge in [0.15, 0.2) is 5.65 Å². The number of nitrogens with zero attached hydrogens (tertiary/aromatic N) is 4. The number of hydrogen-bond acceptors (Lipinski definition) is 4. The fourth-order valence-electron chi connectivity index (χ4n) is 3.36. The molecule has 0 saturated heterocycles. The van der Waals surface area contributed by atoms with Gasteiger partial charge < -0.3 is 10.2 Å². The van der Waals surface area contributed by atoms with Crippen molar-refractivity contribution in [2.75, 3.05) is 26.0 Å². The number of hydrogen-bond donors (Lipinski definition) is 1. The smallest absolute Gasteiger partial charge is 0.228 e. The molecule has 2 aromatic heterocycles. The molecule has 1 amide bonds. The summed E-state index contributed by atoms with van der Waals surface area (Å²) in [5.74, 6) is -0.0163. The van der Waals surface area contributed by atoms with Crippen LogP contribution in [0.15, 0.2) is 73.2 Å². The Labute approximate surface area is 176 Å². The second-order valence-electron chi connectivity index (χ2n) is 7.65. The molecule has 30 heavy (non-hydrogen) atoms. The Bertz CT molecular complexity index is 1150. The predicted molar refractivity (Wildman–Crippen MR) is 119 cm³/mol. The number of rotatable bonds is 7. The number of aromatic nitrogens is 3. The highest BCUT2D eigenvalue weighted by Crippen LogP contribution is 2.21. The van der Waals surface area contributed by atoms with Crippen LogP contribution >= 0.6 is 0 Å². The molecule has 0 bridgehead atoms. The van der Waals surface area contributed by atoms with Crippen molar-refractivity contribution in [3.05, 3.63) is 84.3 Å². The first-order valence-electron chi connectivity index (χ1n) is 9.99. The van der Waals surface area contributed by atoms with Crippen LogP contribution in [0.5, 0.6) is 0 Å². The molecule has 152 valence electrons. The lowest BCUT2D eigenvalue weighted by molar-refractivity contribution is -0.115. The number of amides is 1. The summed E-state index contributed by atoms with van der Waals surface area (Å²) in [4.78, 5) is 18.9. The third-order valence-electron chi connectivity index (χ3n) is 4.99. The number of carbonyl (C=O) groups excluding carboxylic acids is 1. The van der Waals surface area contributed by atoms with E-state index in [9.17, 15) is 4.79 Å². The molecule has 0 radical (unpaired) electrons. The van der Waals surface area contributed by atoms with E-state index in [0.717, 1.165) is 41.0 Å². The topological polar surface area (TPSA) is 62.5 Å². The van der Waals surface area contributed by atoms with E-state index in [4.69, 9.17) is 0 Å². The highest BCUT2D eigenvalue weighted by molar-refractivity contribution is 5.92. The fraction of sp³-hybridized carbons (Fsp3) is 0.208. The molecule has 6 nitrogen and oxygen atoms in total. The van der Waals surface area contributed by atoms with E-state index < -0.39 is 0 Å². The Hall–Kier alpha value is -3.51. The van der Waals surface area contributed by atoms with Gasteiger partial charge in [-0.05, 0) is 67.0 Å². The van der Waals surface area contributed by atoms with Crippen LogP contribution in [0.1, 0.15) is 11.1 Å². The lowest BCUT2D eigenvalue weighted by Crippen LogP contribution is -2.16. The summed E-state index contributed by atoms with van der Waals surface area (Å²) in [6.07, 6.45) is 4.73. The van der Waals surface area contributed by atoms with E-state index >= 15 is 0 Å². The molecular weight excluding hydrogens is 374 g/mol. The summed E-state index contributed by atoms with van der Waals surface area (Å²) in [5, 5.41) is 7.13. The minimum Gasteiger partial charge on any atom is -0.326 e. The van der Waals surface area contributed by atoms with Gasteiger partial charge in [-0.1, -0.05) is 36.4 Å². The first kappa shape index (κ1) is 19.8. The predicted octanol–water partition coefficient (Wildman–Crippen LogP) is 3.68. The maximum Gasteiger partial charge on any atom is 0.228 e. The zero-order valence-electron chi connectivity index (χ0n) is 17.2. The first-order valence-corrected chi connectivity index (χ1v) is 9.99. The zero-order valence-corrected chi connectivity index (χ0v) is 17.2. The molecule has 0 aliphatic carbocycles. The summed E-state index contributed by atoms with van der Waals surface area (Å²) in [6, 6.07) is 20.1. The van der Waals surface area contributed by atoms with Crippen molar-refractivity contribution in [1.29, 1.82) is 0 Å². The Morgan fingerprint density at radius 1 is 1.00 bits per heavy atom. The average molecular weight is 399 g/mol. The molecule has 0 aliphatic rings. The summed E-state index contributed by atoms with van der Waals surface area (Å²) >= 11 is 0. The molecule has 0 atom stereocenters. The van der Waals surface area contributed by atoms with Crippen molar-refractivity contribution in [2.24, 2.45) is 0 Å². The monoisotopic (exact) mass is 399 g/mol. The molecule has 0 fully saturated rings. The second-order valence-corrected chi connectivity index (χ2v) is 7.65. The lowest BCUT2D eigenvalue weighted by atomic mass is 10.0. The van der Waals surface area contributed by atoms with Gasteiger partial charge >= 0.3 is 0 Å². The molecule has 2 heterocycles. The summed E-state index contributed by atoms with van der Waals surface area (Å²) < 4.78 is 1.73. The van der Waals surface area contributed by atoms with Gasteiger partial charge in [-0.15, -0.1) is 0 Å².